The van der Waals surface area contributed by atoms with Crippen LogP contribution in [0.25, 0.3) is 0 Å². The van der Waals surface area contributed by atoms with Gasteiger partial charge in [-0.05, 0) is 37.1 Å². The minimum atomic E-state index is -4.68. The summed E-state index contributed by atoms with van der Waals surface area (Å²) in [5, 5.41) is 5.06. The third-order valence-electron chi connectivity index (χ3n) is 11.2. The minimum absolute atomic E-state index is 0.0247. The summed E-state index contributed by atoms with van der Waals surface area (Å²) in [6, 6.07) is 22.0. The Morgan fingerprint density at radius 3 is 1.70 bits per heavy atom. The number of carbonyl (C=O) groups excluding carboxylic acids is 7. The van der Waals surface area contributed by atoms with Crippen molar-refractivity contribution in [1.29, 1.82) is 0 Å². The van der Waals surface area contributed by atoms with E-state index in [0.717, 1.165) is 34.6 Å². The van der Waals surface area contributed by atoms with Crippen LogP contribution in [0.4, 0.5) is 0 Å². The zero-order valence-electron chi connectivity index (χ0n) is 42.8. The topological polar surface area (TPSA) is 306 Å². The van der Waals surface area contributed by atoms with Gasteiger partial charge in [-0.1, -0.05) is 78.9 Å². The molecule has 2 saturated heterocycles. The predicted molar refractivity (Wildman–Crippen MR) is 261 cm³/mol. The average molecular weight is 1110 g/mol. The minimum Gasteiger partial charge on any atom is -0.463 e. The molecule has 2 N–H and O–H groups in total. The van der Waals surface area contributed by atoms with Crippen molar-refractivity contribution < 1.29 is 103 Å². The van der Waals surface area contributed by atoms with Crippen LogP contribution in [-0.4, -0.2) is 143 Å². The van der Waals surface area contributed by atoms with Crippen LogP contribution in [0.5, 0.6) is 0 Å². The van der Waals surface area contributed by atoms with E-state index in [4.69, 9.17) is 56.2 Å². The highest BCUT2D eigenvalue weighted by molar-refractivity contribution is 7.91. The van der Waals surface area contributed by atoms with Crippen molar-refractivity contribution in [3.63, 3.8) is 0 Å². The van der Waals surface area contributed by atoms with Crippen LogP contribution in [0.1, 0.15) is 66.0 Å². The zero-order chi connectivity index (χ0) is 55.6. The number of benzene rings is 3. The van der Waals surface area contributed by atoms with E-state index in [2.05, 4.69) is 10.6 Å². The lowest BCUT2D eigenvalue weighted by Crippen LogP contribution is -2.68. The molecule has 76 heavy (non-hydrogen) atoms. The summed E-state index contributed by atoms with van der Waals surface area (Å²) in [6.45, 7) is 5.69. The van der Waals surface area contributed by atoms with E-state index < -0.39 is 159 Å². The molecule has 2 aliphatic rings. The molecule has 3 aromatic carbocycles. The monoisotopic (exact) mass is 1110 g/mol. The number of carbonyl (C=O) groups is 7. The first-order chi connectivity index (χ1) is 36.0. The average Bonchev–Trinajstić information content (AvgIpc) is 3.36. The van der Waals surface area contributed by atoms with Gasteiger partial charge in [0, 0.05) is 41.0 Å². The Bertz CT molecular complexity index is 2550. The van der Waals surface area contributed by atoms with Crippen molar-refractivity contribution in [2.75, 3.05) is 25.6 Å². The molecular formula is C50H63N2O22PS. The van der Waals surface area contributed by atoms with Gasteiger partial charge in [-0.3, -0.25) is 42.3 Å². The molecule has 24 nitrogen and oxygen atoms in total. The maximum atomic E-state index is 14.7. The summed E-state index contributed by atoms with van der Waals surface area (Å²) >= 11 is 0. The second-order valence-electron chi connectivity index (χ2n) is 17.4. The van der Waals surface area contributed by atoms with Gasteiger partial charge in [0.1, 0.15) is 56.3 Å². The molecule has 11 atom stereocenters. The van der Waals surface area contributed by atoms with E-state index in [1.54, 1.807) is 78.9 Å². The maximum absolute atomic E-state index is 14.7. The molecule has 2 aliphatic heterocycles. The van der Waals surface area contributed by atoms with Gasteiger partial charge in [-0.2, -0.15) is 0 Å². The first-order valence-electron chi connectivity index (χ1n) is 23.9. The van der Waals surface area contributed by atoms with Gasteiger partial charge in [0.15, 0.2) is 34.6 Å². The molecule has 2 fully saturated rings. The number of esters is 5. The van der Waals surface area contributed by atoms with Gasteiger partial charge in [-0.15, -0.1) is 0 Å². The molecule has 416 valence electrons. The molecule has 0 aromatic heterocycles. The molecule has 3 unspecified atom stereocenters. The van der Waals surface area contributed by atoms with E-state index in [-0.39, 0.29) is 18.1 Å². The van der Waals surface area contributed by atoms with Crippen molar-refractivity contribution in [2.45, 2.75) is 140 Å². The van der Waals surface area contributed by atoms with E-state index >= 15 is 0 Å². The molecule has 0 aliphatic carbocycles. The normalized spacial score (nSPS) is 23.4. The van der Waals surface area contributed by atoms with Crippen molar-refractivity contribution in [1.82, 2.24) is 10.6 Å². The Morgan fingerprint density at radius 1 is 0.671 bits per heavy atom. The summed E-state index contributed by atoms with van der Waals surface area (Å²) in [5.74, 6) is -6.50. The summed E-state index contributed by atoms with van der Waals surface area (Å²) < 4.78 is 111. The molecule has 0 radical (unpaired) electrons. The molecule has 0 bridgehead atoms. The zero-order valence-corrected chi connectivity index (χ0v) is 44.5. The molecule has 0 saturated carbocycles. The summed E-state index contributed by atoms with van der Waals surface area (Å²) in [5.41, 5.74) is 1.18. The lowest BCUT2D eigenvalue weighted by Gasteiger charge is -2.48. The van der Waals surface area contributed by atoms with Gasteiger partial charge in [0.25, 0.3) is 0 Å². The van der Waals surface area contributed by atoms with Gasteiger partial charge in [0.05, 0.1) is 30.0 Å². The number of hydrogen-bond acceptors (Lipinski definition) is 22. The van der Waals surface area contributed by atoms with Crippen LogP contribution in [0, 0.1) is 0 Å². The second kappa shape index (κ2) is 28.8. The fourth-order valence-corrected chi connectivity index (χ4v) is 10.0. The molecule has 0 spiro atoms. The fourth-order valence-electron chi connectivity index (χ4n) is 7.70. The number of nitrogens with one attached hydrogen (secondary N) is 2. The fraction of sp³-hybridized carbons (Fsp3) is 0.500. The smallest absolute Gasteiger partial charge is 0.463 e. The van der Waals surface area contributed by atoms with Crippen molar-refractivity contribution >= 4 is 59.3 Å². The lowest BCUT2D eigenvalue weighted by atomic mass is 9.95. The van der Waals surface area contributed by atoms with Crippen LogP contribution in [-0.2, 0) is 117 Å². The number of rotatable bonds is 26. The van der Waals surface area contributed by atoms with Crippen LogP contribution in [0.3, 0.4) is 0 Å². The van der Waals surface area contributed by atoms with Crippen molar-refractivity contribution in [2.24, 2.45) is 0 Å². The number of amides is 2. The highest BCUT2D eigenvalue weighted by Crippen LogP contribution is 2.53. The van der Waals surface area contributed by atoms with Crippen LogP contribution >= 0.6 is 7.82 Å². The second-order valence-corrected chi connectivity index (χ2v) is 21.1. The Hall–Kier alpha value is -6.15. The Labute approximate surface area is 439 Å². The van der Waals surface area contributed by atoms with Crippen molar-refractivity contribution in [3.8, 4) is 0 Å². The van der Waals surface area contributed by atoms with E-state index in [0.29, 0.717) is 11.1 Å². The van der Waals surface area contributed by atoms with Gasteiger partial charge in [-0.25, -0.2) is 17.8 Å². The molecule has 2 heterocycles. The predicted octanol–water partition coefficient (Wildman–Crippen LogP) is 3.56. The van der Waals surface area contributed by atoms with Crippen LogP contribution < -0.4 is 10.6 Å². The van der Waals surface area contributed by atoms with Gasteiger partial charge < -0.3 is 53.3 Å². The molecule has 26 heteroatoms. The lowest BCUT2D eigenvalue weighted by molar-refractivity contribution is -0.328. The molecule has 5 rings (SSSR count). The standard InChI is InChI=1S/C50H63N2O22PS/c1-30(49(59)63-23-24-76(61,62)39-21-15-10-16-22-39)51-48(58)31(2)68-40-25-43(74-75(60,66-26-37-17-11-8-12-18-37)67-27-38-19-13-9-14-20-38)71-41(28-64-33(4)54)45(40)73-50-44(52-32(3)53)47(70-36(7)57)46(69-35(6)56)42(72-50)29-65-34(5)55/h8-22,30-31,40-47,50H,23-29H2,1-7H3,(H,51,58)(H,52,53)/t30-,31+,40+,41?,42+,43-,44?,45+,46+,47?,50+/m0/s1. The number of ether oxygens (including phenoxy) is 9. The quantitative estimate of drug-likeness (QED) is 0.0659. The Balaban J connectivity index is 1.50. The first kappa shape index (κ1) is 60.7. The Kier molecular flexibility index (Phi) is 23.0. The molecule has 3 aromatic rings. The number of hydrogen-bond donors (Lipinski definition) is 2. The third kappa shape index (κ3) is 19.1. The summed E-state index contributed by atoms with van der Waals surface area (Å²) in [4.78, 5) is 89.5. The SMILES string of the molecule is CC(=O)NC1C(OC(C)=O)[C@H](OC(C)=O)[C@@H](COC(C)=O)O[C@@H]1O[C@H]1C(COC(C)=O)O[C@@H](OP(=O)(OCc2ccccc2)OCc2ccccc2)C[C@H]1O[C@H](C)C(=O)N[C@@H](C)C(=O)OCCS(=O)(=O)c1ccccc1. The van der Waals surface area contributed by atoms with Crippen LogP contribution in [0.2, 0.25) is 0 Å². The van der Waals surface area contributed by atoms with E-state index in [1.807, 2.05) is 0 Å². The largest absolute Gasteiger partial charge is 0.477 e. The maximum Gasteiger partial charge on any atom is 0.477 e. The third-order valence-corrected chi connectivity index (χ3v) is 14.2. The number of sulfone groups is 1. The van der Waals surface area contributed by atoms with E-state index in [9.17, 15) is 46.5 Å². The van der Waals surface area contributed by atoms with Crippen molar-refractivity contribution in [3.05, 3.63) is 102 Å². The molecule has 2 amide bonds. The van der Waals surface area contributed by atoms with Crippen LogP contribution in [0.15, 0.2) is 95.9 Å². The number of phosphoric ester groups is 1. The number of phosphoric acid groups is 1. The highest BCUT2D eigenvalue weighted by Gasteiger charge is 2.54. The van der Waals surface area contributed by atoms with E-state index in [1.165, 1.54) is 26.0 Å². The highest BCUT2D eigenvalue weighted by atomic mass is 32.2. The summed E-state index contributed by atoms with van der Waals surface area (Å²) in [7, 11) is -8.49. The first-order valence-corrected chi connectivity index (χ1v) is 27.0. The van der Waals surface area contributed by atoms with Gasteiger partial charge in [0.2, 0.25) is 11.8 Å². The Morgan fingerprint density at radius 2 is 1.18 bits per heavy atom. The molecular weight excluding hydrogens is 1040 g/mol. The summed E-state index contributed by atoms with van der Waals surface area (Å²) in [6.07, 6.45) is -14.5. The van der Waals surface area contributed by atoms with Gasteiger partial charge >= 0.3 is 37.7 Å².